The summed E-state index contributed by atoms with van der Waals surface area (Å²) in [5.74, 6) is -0.281. The van der Waals surface area contributed by atoms with Crippen LogP contribution in [-0.4, -0.2) is 18.3 Å². The van der Waals surface area contributed by atoms with E-state index in [9.17, 15) is 4.39 Å². The molecule has 0 radical (unpaired) electrons. The number of hydrogen-bond acceptors (Lipinski definition) is 3. The summed E-state index contributed by atoms with van der Waals surface area (Å²) in [5, 5.41) is 0. The molecule has 0 unspecified atom stereocenters. The number of hydrogen-bond donors (Lipinski definition) is 1. The average Bonchev–Trinajstić information content (AvgIpc) is 2.75. The molecular weight excluding hydrogens is 304 g/mol. The molecule has 126 valence electrons. The molecular formula is C19H23BFNO2. The summed E-state index contributed by atoms with van der Waals surface area (Å²) >= 11 is 0. The van der Waals surface area contributed by atoms with Crippen molar-refractivity contribution < 1.29 is 13.7 Å². The zero-order valence-electron chi connectivity index (χ0n) is 14.5. The lowest BCUT2D eigenvalue weighted by atomic mass is 9.78. The van der Waals surface area contributed by atoms with Crippen LogP contribution >= 0.6 is 0 Å². The summed E-state index contributed by atoms with van der Waals surface area (Å²) in [6.07, 6.45) is 0. The van der Waals surface area contributed by atoms with Crippen molar-refractivity contribution in [3.63, 3.8) is 0 Å². The molecule has 24 heavy (non-hydrogen) atoms. The van der Waals surface area contributed by atoms with Crippen LogP contribution in [-0.2, 0) is 9.31 Å². The predicted octanol–water partition coefficient (Wildman–Crippen LogP) is 3.17. The molecule has 2 aromatic carbocycles. The van der Waals surface area contributed by atoms with Crippen LogP contribution in [0.4, 0.5) is 4.39 Å². The van der Waals surface area contributed by atoms with Crippen LogP contribution in [0.1, 0.15) is 44.9 Å². The van der Waals surface area contributed by atoms with E-state index in [0.29, 0.717) is 0 Å². The van der Waals surface area contributed by atoms with E-state index in [-0.39, 0.29) is 23.1 Å². The number of rotatable bonds is 3. The minimum absolute atomic E-state index is 0.281. The summed E-state index contributed by atoms with van der Waals surface area (Å²) in [5.41, 5.74) is 8.13. The van der Waals surface area contributed by atoms with E-state index in [0.717, 1.165) is 16.6 Å². The Morgan fingerprint density at radius 2 is 1.50 bits per heavy atom. The SMILES string of the molecule is CC1(C)OB(c2ccc([C@H](N)c3cccc(F)c3)cc2)OC1(C)C. The maximum atomic E-state index is 13.4. The second-order valence-electron chi connectivity index (χ2n) is 7.29. The number of nitrogens with two attached hydrogens (primary N) is 1. The first kappa shape index (κ1) is 17.1. The highest BCUT2D eigenvalue weighted by molar-refractivity contribution is 6.62. The minimum atomic E-state index is -0.394. The van der Waals surface area contributed by atoms with E-state index in [1.54, 1.807) is 6.07 Å². The molecule has 0 amide bonds. The summed E-state index contributed by atoms with van der Waals surface area (Å²) in [6, 6.07) is 13.8. The molecule has 0 aromatic heterocycles. The van der Waals surface area contributed by atoms with Gasteiger partial charge in [-0.05, 0) is 56.4 Å². The zero-order valence-corrected chi connectivity index (χ0v) is 14.5. The second kappa shape index (κ2) is 5.99. The Bertz CT molecular complexity index is 714. The molecule has 0 bridgehead atoms. The molecule has 1 atom stereocenters. The lowest BCUT2D eigenvalue weighted by Crippen LogP contribution is -2.41. The second-order valence-corrected chi connectivity index (χ2v) is 7.29. The monoisotopic (exact) mass is 327 g/mol. The summed E-state index contributed by atoms with van der Waals surface area (Å²) in [7, 11) is -0.394. The van der Waals surface area contributed by atoms with Gasteiger partial charge in [0.15, 0.2) is 0 Å². The molecule has 1 fully saturated rings. The molecule has 2 N–H and O–H groups in total. The Labute approximate surface area is 143 Å². The van der Waals surface area contributed by atoms with Gasteiger partial charge < -0.3 is 15.0 Å². The summed E-state index contributed by atoms with van der Waals surface area (Å²) < 4.78 is 25.5. The largest absolute Gasteiger partial charge is 0.494 e. The third-order valence-electron chi connectivity index (χ3n) is 5.03. The smallest absolute Gasteiger partial charge is 0.399 e. The number of benzene rings is 2. The summed E-state index contributed by atoms with van der Waals surface area (Å²) in [4.78, 5) is 0. The predicted molar refractivity (Wildman–Crippen MR) is 94.6 cm³/mol. The molecule has 3 rings (SSSR count). The van der Waals surface area contributed by atoms with E-state index in [2.05, 4.69) is 0 Å². The van der Waals surface area contributed by atoms with Gasteiger partial charge in [-0.2, -0.15) is 0 Å². The molecule has 5 heteroatoms. The van der Waals surface area contributed by atoms with Crippen LogP contribution < -0.4 is 11.2 Å². The average molecular weight is 327 g/mol. The molecule has 0 spiro atoms. The molecule has 2 aromatic rings. The van der Waals surface area contributed by atoms with Gasteiger partial charge in [0, 0.05) is 0 Å². The van der Waals surface area contributed by atoms with Crippen molar-refractivity contribution >= 4 is 12.6 Å². The third-order valence-corrected chi connectivity index (χ3v) is 5.03. The lowest BCUT2D eigenvalue weighted by Gasteiger charge is -2.32. The molecule has 1 aliphatic rings. The molecule has 0 saturated carbocycles. The van der Waals surface area contributed by atoms with E-state index in [1.165, 1.54) is 12.1 Å². The fourth-order valence-electron chi connectivity index (χ4n) is 2.73. The van der Waals surface area contributed by atoms with Gasteiger partial charge in [0.1, 0.15) is 5.82 Å². The summed E-state index contributed by atoms with van der Waals surface area (Å²) in [6.45, 7) is 8.12. The van der Waals surface area contributed by atoms with Crippen LogP contribution in [0.15, 0.2) is 48.5 Å². The van der Waals surface area contributed by atoms with Crippen molar-refractivity contribution in [2.45, 2.75) is 44.9 Å². The zero-order chi connectivity index (χ0) is 17.5. The Morgan fingerprint density at radius 3 is 2.04 bits per heavy atom. The third kappa shape index (κ3) is 3.12. The van der Waals surface area contributed by atoms with Crippen LogP contribution in [0.5, 0.6) is 0 Å². The maximum absolute atomic E-state index is 13.4. The fraction of sp³-hybridized carbons (Fsp3) is 0.368. The lowest BCUT2D eigenvalue weighted by molar-refractivity contribution is 0.00578. The van der Waals surface area contributed by atoms with Crippen LogP contribution in [0.2, 0.25) is 0 Å². The first-order valence-electron chi connectivity index (χ1n) is 8.16. The molecule has 1 heterocycles. The highest BCUT2D eigenvalue weighted by Crippen LogP contribution is 2.36. The van der Waals surface area contributed by atoms with Gasteiger partial charge >= 0.3 is 7.12 Å². The molecule has 1 aliphatic heterocycles. The minimum Gasteiger partial charge on any atom is -0.399 e. The molecule has 0 aliphatic carbocycles. The Kier molecular flexibility index (Phi) is 4.28. The van der Waals surface area contributed by atoms with Gasteiger partial charge in [0.05, 0.1) is 17.2 Å². The van der Waals surface area contributed by atoms with Crippen LogP contribution in [0.3, 0.4) is 0 Å². The van der Waals surface area contributed by atoms with Gasteiger partial charge in [-0.3, -0.25) is 0 Å². The van der Waals surface area contributed by atoms with Gasteiger partial charge in [-0.1, -0.05) is 36.4 Å². The van der Waals surface area contributed by atoms with Crippen molar-refractivity contribution in [3.05, 3.63) is 65.5 Å². The quantitative estimate of drug-likeness (QED) is 0.881. The van der Waals surface area contributed by atoms with Crippen molar-refractivity contribution in [1.29, 1.82) is 0 Å². The standard InChI is InChI=1S/C19H23BFNO2/c1-18(2)19(3,4)24-20(23-18)15-10-8-13(9-11-15)17(22)14-6-5-7-16(21)12-14/h5-12,17H,22H2,1-4H3/t17-/m0/s1. The van der Waals surface area contributed by atoms with Crippen LogP contribution in [0.25, 0.3) is 0 Å². The Hall–Kier alpha value is -1.69. The van der Waals surface area contributed by atoms with E-state index in [4.69, 9.17) is 15.0 Å². The highest BCUT2D eigenvalue weighted by atomic mass is 19.1. The van der Waals surface area contributed by atoms with Crippen molar-refractivity contribution in [3.8, 4) is 0 Å². The Balaban J connectivity index is 1.79. The van der Waals surface area contributed by atoms with Crippen molar-refractivity contribution in [1.82, 2.24) is 0 Å². The topological polar surface area (TPSA) is 44.5 Å². The van der Waals surface area contributed by atoms with Gasteiger partial charge in [0.2, 0.25) is 0 Å². The van der Waals surface area contributed by atoms with Gasteiger partial charge in [-0.25, -0.2) is 4.39 Å². The van der Waals surface area contributed by atoms with Crippen LogP contribution in [0, 0.1) is 5.82 Å². The van der Waals surface area contributed by atoms with Crippen molar-refractivity contribution in [2.24, 2.45) is 5.73 Å². The molecule has 3 nitrogen and oxygen atoms in total. The molecule has 1 saturated heterocycles. The van der Waals surface area contributed by atoms with Gasteiger partial charge in [0.25, 0.3) is 0 Å². The fourth-order valence-corrected chi connectivity index (χ4v) is 2.73. The first-order valence-corrected chi connectivity index (χ1v) is 8.16. The van der Waals surface area contributed by atoms with E-state index < -0.39 is 7.12 Å². The maximum Gasteiger partial charge on any atom is 0.494 e. The normalized spacial score (nSPS) is 20.2. The van der Waals surface area contributed by atoms with Gasteiger partial charge in [-0.15, -0.1) is 0 Å². The van der Waals surface area contributed by atoms with E-state index in [1.807, 2.05) is 58.0 Å². The number of halogens is 1. The highest BCUT2D eigenvalue weighted by Gasteiger charge is 2.51. The first-order chi connectivity index (χ1) is 11.2. The van der Waals surface area contributed by atoms with Crippen molar-refractivity contribution in [2.75, 3.05) is 0 Å². The Morgan fingerprint density at radius 1 is 0.917 bits per heavy atom. The van der Waals surface area contributed by atoms with E-state index >= 15 is 0 Å².